The third-order valence-corrected chi connectivity index (χ3v) is 5.34. The SMILES string of the molecule is O=P([O-])([O-])C(OC(F)=C(F)C(F)(F)C(F)(F)C(F)(F)C(F)(F)C(F)(F)C(F)(F)C(F)(F)F)c1ccccc1.[Na+].[Na+]. The van der Waals surface area contributed by atoms with Crippen LogP contribution in [0.1, 0.15) is 11.4 Å². The van der Waals surface area contributed by atoms with Gasteiger partial charge in [-0.1, -0.05) is 30.3 Å². The molecule has 0 heterocycles. The van der Waals surface area contributed by atoms with E-state index < -0.39 is 72.6 Å². The monoisotopic (exact) mass is 662 g/mol. The van der Waals surface area contributed by atoms with Crippen molar-refractivity contribution in [3.63, 3.8) is 0 Å². The first-order chi connectivity index (χ1) is 16.5. The van der Waals surface area contributed by atoms with Crippen molar-refractivity contribution in [2.75, 3.05) is 0 Å². The zero-order chi connectivity index (χ0) is 30.6. The van der Waals surface area contributed by atoms with E-state index in [0.29, 0.717) is 12.1 Å². The van der Waals surface area contributed by atoms with Crippen LogP contribution in [0.3, 0.4) is 0 Å². The minimum Gasteiger partial charge on any atom is -0.808 e. The van der Waals surface area contributed by atoms with Gasteiger partial charge in [0.25, 0.3) is 0 Å². The van der Waals surface area contributed by atoms with Crippen molar-refractivity contribution in [1.29, 1.82) is 0 Å². The molecule has 40 heavy (non-hydrogen) atoms. The number of benzene rings is 1. The fourth-order valence-electron chi connectivity index (χ4n) is 2.31. The van der Waals surface area contributed by atoms with Crippen molar-refractivity contribution in [1.82, 2.24) is 0 Å². The summed E-state index contributed by atoms with van der Waals surface area (Å²) in [6, 6.07) is -0.223. The molecule has 0 aromatic heterocycles. The van der Waals surface area contributed by atoms with Gasteiger partial charge < -0.3 is 19.1 Å². The van der Waals surface area contributed by atoms with E-state index in [2.05, 4.69) is 4.74 Å². The molecule has 0 saturated heterocycles. The van der Waals surface area contributed by atoms with Crippen molar-refractivity contribution in [2.45, 2.75) is 47.6 Å². The maximum Gasteiger partial charge on any atom is 1.00 e. The van der Waals surface area contributed by atoms with E-state index in [1.807, 2.05) is 0 Å². The van der Waals surface area contributed by atoms with Crippen LogP contribution in [0.25, 0.3) is 0 Å². The van der Waals surface area contributed by atoms with Crippen LogP contribution in [0.15, 0.2) is 42.2 Å². The van der Waals surface area contributed by atoms with Crippen molar-refractivity contribution < 1.29 is 153 Å². The quantitative estimate of drug-likeness (QED) is 0.155. The molecule has 0 N–H and O–H groups in total. The van der Waals surface area contributed by atoms with Crippen molar-refractivity contribution in [3.05, 3.63) is 47.7 Å². The van der Waals surface area contributed by atoms with Gasteiger partial charge in [0.2, 0.25) is 5.83 Å². The number of halogens is 17. The predicted octanol–water partition coefficient (Wildman–Crippen LogP) is 0.106. The van der Waals surface area contributed by atoms with Crippen molar-refractivity contribution in [2.24, 2.45) is 0 Å². The second kappa shape index (κ2) is 12.8. The summed E-state index contributed by atoms with van der Waals surface area (Å²) >= 11 is 0. The Morgan fingerprint density at radius 1 is 0.650 bits per heavy atom. The molecule has 0 aliphatic heterocycles. The topological polar surface area (TPSA) is 72.4 Å². The first kappa shape index (κ1) is 41.9. The Labute approximate surface area is 254 Å². The summed E-state index contributed by atoms with van der Waals surface area (Å²) in [6.07, 6.45) is -7.87. The maximum atomic E-state index is 13.8. The molecule has 0 aliphatic rings. The minimum atomic E-state index is -8.77. The van der Waals surface area contributed by atoms with Gasteiger partial charge in [0.15, 0.2) is 5.85 Å². The third-order valence-electron chi connectivity index (χ3n) is 4.36. The number of hydrogen-bond acceptors (Lipinski definition) is 4. The fraction of sp³-hybridized carbons (Fsp3) is 0.500. The van der Waals surface area contributed by atoms with E-state index in [4.69, 9.17) is 0 Å². The number of hydrogen-bond donors (Lipinski definition) is 0. The molecule has 0 saturated carbocycles. The molecule has 0 spiro atoms. The normalized spacial score (nSPS) is 15.9. The molecular formula is C16H6F17Na2O4P. The molecule has 4 nitrogen and oxygen atoms in total. The molecule has 1 aromatic rings. The summed E-state index contributed by atoms with van der Waals surface area (Å²) < 4.78 is 239. The Hall–Kier alpha value is -0.280. The van der Waals surface area contributed by atoms with Gasteiger partial charge in [0.05, 0.1) is 0 Å². The standard InChI is InChI=1S/C16H8F17O4P.2Na/c17-7(8(18)37-9(38(34,35)36)6-4-2-1-3-5-6)10(19,20)11(21,22)12(23,24)13(25,26)14(27,28)15(29,30)16(31,32)33;;/h1-5,9H,(H2,34,35,36);;/q;2*+1/p-2. The first-order valence-electron chi connectivity index (χ1n) is 8.66. The Morgan fingerprint density at radius 3 is 1.35 bits per heavy atom. The molecule has 0 aliphatic carbocycles. The van der Waals surface area contributed by atoms with Gasteiger partial charge in [0, 0.05) is 0 Å². The summed E-state index contributed by atoms with van der Waals surface area (Å²) in [5, 5.41) is 0. The molecule has 1 atom stereocenters. The number of rotatable bonds is 10. The van der Waals surface area contributed by atoms with E-state index in [1.54, 1.807) is 0 Å². The van der Waals surface area contributed by atoms with E-state index in [0.717, 1.165) is 18.2 Å². The van der Waals surface area contributed by atoms with Crippen molar-refractivity contribution in [3.8, 4) is 0 Å². The number of alkyl halides is 15. The Kier molecular flexibility index (Phi) is 13.3. The average Bonchev–Trinajstić information content (AvgIpc) is 2.74. The van der Waals surface area contributed by atoms with Crippen LogP contribution in [0.2, 0.25) is 0 Å². The van der Waals surface area contributed by atoms with E-state index in [1.165, 1.54) is 0 Å². The van der Waals surface area contributed by atoms with E-state index >= 15 is 0 Å². The van der Waals surface area contributed by atoms with Gasteiger partial charge in [-0.2, -0.15) is 74.6 Å². The fourth-order valence-corrected chi connectivity index (χ4v) is 3.07. The van der Waals surface area contributed by atoms with Crippen LogP contribution in [0.5, 0.6) is 0 Å². The summed E-state index contributed by atoms with van der Waals surface area (Å²) in [5.74, 6) is -58.9. The smallest absolute Gasteiger partial charge is 0.808 e. The van der Waals surface area contributed by atoms with Crippen LogP contribution in [0.4, 0.5) is 74.6 Å². The first-order valence-corrected chi connectivity index (χ1v) is 10.3. The predicted molar refractivity (Wildman–Crippen MR) is 82.9 cm³/mol. The molecule has 1 unspecified atom stereocenters. The molecule has 0 amide bonds. The summed E-state index contributed by atoms with van der Waals surface area (Å²) in [5.41, 5.74) is -1.05. The minimum absolute atomic E-state index is 0. The van der Waals surface area contributed by atoms with Crippen molar-refractivity contribution >= 4 is 7.60 Å². The van der Waals surface area contributed by atoms with E-state index in [9.17, 15) is 89.0 Å². The Balaban J connectivity index is 0. The molecule has 0 bridgehead atoms. The van der Waals surface area contributed by atoms with E-state index in [-0.39, 0.29) is 59.1 Å². The van der Waals surface area contributed by atoms with Crippen LogP contribution >= 0.6 is 7.60 Å². The molecule has 0 radical (unpaired) electrons. The van der Waals surface area contributed by atoms with Gasteiger partial charge in [-0.05, 0) is 13.2 Å². The number of allylic oxidation sites excluding steroid dienone is 1. The molecule has 1 rings (SSSR count). The molecule has 1 aromatic carbocycles. The summed E-state index contributed by atoms with van der Waals surface area (Å²) in [7, 11) is -6.45. The molecular weight excluding hydrogens is 656 g/mol. The third kappa shape index (κ3) is 6.92. The van der Waals surface area contributed by atoms with Gasteiger partial charge >= 0.3 is 107 Å². The largest absolute Gasteiger partial charge is 1.00 e. The van der Waals surface area contributed by atoms with Crippen LogP contribution < -0.4 is 68.9 Å². The second-order valence-electron chi connectivity index (χ2n) is 6.95. The number of ether oxygens (including phenoxy) is 1. The van der Waals surface area contributed by atoms with Gasteiger partial charge in [-0.25, -0.2) is 0 Å². The van der Waals surface area contributed by atoms with Gasteiger partial charge in [-0.15, -0.1) is 0 Å². The average molecular weight is 662 g/mol. The molecule has 0 fully saturated rings. The van der Waals surface area contributed by atoms with Crippen LogP contribution in [-0.4, -0.2) is 41.7 Å². The Morgan fingerprint density at radius 2 is 1.00 bits per heavy atom. The van der Waals surface area contributed by atoms with Gasteiger partial charge in [0.1, 0.15) is 0 Å². The zero-order valence-corrected chi connectivity index (χ0v) is 23.9. The zero-order valence-electron chi connectivity index (χ0n) is 19.0. The summed E-state index contributed by atoms with van der Waals surface area (Å²) in [6.45, 7) is 0. The molecule has 24 heteroatoms. The second-order valence-corrected chi connectivity index (χ2v) is 8.50. The van der Waals surface area contributed by atoms with Crippen LogP contribution in [-0.2, 0) is 9.30 Å². The van der Waals surface area contributed by atoms with Gasteiger partial charge in [-0.3, -0.25) is 0 Å². The summed E-state index contributed by atoms with van der Waals surface area (Å²) in [4.78, 5) is 22.3. The van der Waals surface area contributed by atoms with Crippen LogP contribution in [0, 0.1) is 0 Å². The Bertz CT molecular complexity index is 1090. The molecule has 220 valence electrons. The maximum absolute atomic E-state index is 13.8.